The largest absolute Gasteiger partial charge is 0.550 e. The third-order valence-corrected chi connectivity index (χ3v) is 5.59. The number of aryl methyl sites for hydroxylation is 1. The molecule has 0 spiro atoms. The molecular formula is C27H25N3O3. The second-order valence-corrected chi connectivity index (χ2v) is 7.99. The number of aromatic hydroxyl groups is 1. The number of carboxylic acids is 1. The number of carboxylic acid groups (broad SMARTS) is 1. The molecule has 0 bridgehead atoms. The number of para-hydroxylation sites is 1. The lowest BCUT2D eigenvalue weighted by Gasteiger charge is -2.01. The van der Waals surface area contributed by atoms with Gasteiger partial charge < -0.3 is 19.6 Å². The Balaban J connectivity index is 0.000000601. The van der Waals surface area contributed by atoms with Gasteiger partial charge in [-0.25, -0.2) is 4.99 Å². The van der Waals surface area contributed by atoms with Crippen molar-refractivity contribution in [3.8, 4) is 5.88 Å². The number of hydrogen-bond donors (Lipinski definition) is 1. The van der Waals surface area contributed by atoms with Crippen LogP contribution >= 0.6 is 0 Å². The Morgan fingerprint density at radius 1 is 1.12 bits per heavy atom. The van der Waals surface area contributed by atoms with Crippen LogP contribution in [0.25, 0.3) is 16.6 Å². The van der Waals surface area contributed by atoms with Crippen LogP contribution in [-0.2, 0) is 18.3 Å². The second-order valence-electron chi connectivity index (χ2n) is 7.99. The maximum Gasteiger partial charge on any atom is 0.218 e. The molecule has 0 fully saturated rings. The quantitative estimate of drug-likeness (QED) is 0.392. The lowest BCUT2D eigenvalue weighted by molar-refractivity contribution is -0.582. The molecule has 3 heterocycles. The van der Waals surface area contributed by atoms with Gasteiger partial charge in [0.1, 0.15) is 5.69 Å². The smallest absolute Gasteiger partial charge is 0.218 e. The molecule has 2 aromatic carbocycles. The van der Waals surface area contributed by atoms with Crippen LogP contribution in [0.5, 0.6) is 5.88 Å². The number of carbonyl (C=O) groups excluding carboxylic acids is 1. The van der Waals surface area contributed by atoms with Crippen LogP contribution in [0.4, 0.5) is 5.69 Å². The summed E-state index contributed by atoms with van der Waals surface area (Å²) >= 11 is 0. The summed E-state index contributed by atoms with van der Waals surface area (Å²) in [6.07, 6.45) is 4.86. The van der Waals surface area contributed by atoms with Gasteiger partial charge in [0, 0.05) is 53.5 Å². The predicted octanol–water partition coefficient (Wildman–Crippen LogP) is 3.51. The fraction of sp³-hybridized carbons (Fsp3) is 0.148. The molecule has 166 valence electrons. The average molecular weight is 440 g/mol. The fourth-order valence-electron chi connectivity index (χ4n) is 4.17. The molecular weight excluding hydrogens is 414 g/mol. The first-order chi connectivity index (χ1) is 15.9. The third-order valence-electron chi connectivity index (χ3n) is 5.59. The molecule has 4 aromatic rings. The van der Waals surface area contributed by atoms with Crippen molar-refractivity contribution >= 4 is 34.5 Å². The highest BCUT2D eigenvalue weighted by molar-refractivity contribution is 5.97. The van der Waals surface area contributed by atoms with Crippen LogP contribution in [-0.4, -0.2) is 21.9 Å². The Morgan fingerprint density at radius 2 is 1.79 bits per heavy atom. The first-order valence-corrected chi connectivity index (χ1v) is 10.6. The van der Waals surface area contributed by atoms with Crippen LogP contribution in [0.1, 0.15) is 30.7 Å². The Hall–Kier alpha value is -4.19. The van der Waals surface area contributed by atoms with Crippen LogP contribution in [0.3, 0.4) is 0 Å². The van der Waals surface area contributed by atoms with Gasteiger partial charge in [-0.2, -0.15) is 4.57 Å². The summed E-state index contributed by atoms with van der Waals surface area (Å²) in [4.78, 5) is 13.5. The standard InChI is InChI=1S/C25H21N3O.C2H4O2/c1-17-14-20-15-18(12-13-28(20)24(17)19-8-4-3-5-9-19)16-26-23-21-10-6-7-11-22(21)27(2)25(23)29;1-2(3)4/h3-13,15-16H,14H2,1-2H3;1H3,(H,3,4). The van der Waals surface area contributed by atoms with Crippen molar-refractivity contribution in [2.45, 2.75) is 20.3 Å². The second kappa shape index (κ2) is 9.12. The normalized spacial score (nSPS) is 12.7. The van der Waals surface area contributed by atoms with Gasteiger partial charge in [0.15, 0.2) is 11.9 Å². The van der Waals surface area contributed by atoms with Crippen LogP contribution in [0.15, 0.2) is 83.5 Å². The Bertz CT molecular complexity index is 1400. The highest BCUT2D eigenvalue weighted by atomic mass is 16.4. The van der Waals surface area contributed by atoms with Gasteiger partial charge in [-0.05, 0) is 32.0 Å². The fourth-order valence-corrected chi connectivity index (χ4v) is 4.17. The van der Waals surface area contributed by atoms with Crippen molar-refractivity contribution < 1.29 is 19.6 Å². The van der Waals surface area contributed by atoms with Crippen molar-refractivity contribution in [1.82, 2.24) is 4.57 Å². The monoisotopic (exact) mass is 439 g/mol. The first kappa shape index (κ1) is 22.0. The minimum absolute atomic E-state index is 0.182. The number of rotatable bonds is 3. The molecule has 1 aliphatic rings. The van der Waals surface area contributed by atoms with E-state index in [-0.39, 0.29) is 5.88 Å². The highest BCUT2D eigenvalue weighted by Crippen LogP contribution is 2.37. The minimum atomic E-state index is -1.08. The van der Waals surface area contributed by atoms with Crippen LogP contribution in [0.2, 0.25) is 0 Å². The zero-order chi connectivity index (χ0) is 23.5. The summed E-state index contributed by atoms with van der Waals surface area (Å²) in [5.41, 5.74) is 7.69. The zero-order valence-electron chi connectivity index (χ0n) is 18.8. The van der Waals surface area contributed by atoms with E-state index in [4.69, 9.17) is 9.90 Å². The van der Waals surface area contributed by atoms with E-state index in [2.05, 4.69) is 59.1 Å². The molecule has 2 aromatic heterocycles. The van der Waals surface area contributed by atoms with Crippen LogP contribution < -0.4 is 9.67 Å². The summed E-state index contributed by atoms with van der Waals surface area (Å²) in [7, 11) is 1.85. The van der Waals surface area contributed by atoms with E-state index in [1.165, 1.54) is 22.5 Å². The molecule has 0 atom stereocenters. The summed E-state index contributed by atoms with van der Waals surface area (Å²) < 4.78 is 4.03. The SMILES string of the molecule is CC(=O)[O-].CC1=C(c2ccccc2)[n+]2ccc(C=Nc3c(O)n(C)c4ccccc34)cc2C1. The first-order valence-electron chi connectivity index (χ1n) is 10.6. The maximum atomic E-state index is 10.5. The topological polar surface area (TPSA) is 81.5 Å². The lowest BCUT2D eigenvalue weighted by atomic mass is 10.1. The van der Waals surface area contributed by atoms with Gasteiger partial charge in [0.2, 0.25) is 11.6 Å². The maximum absolute atomic E-state index is 10.5. The average Bonchev–Trinajstić information content (AvgIpc) is 3.25. The summed E-state index contributed by atoms with van der Waals surface area (Å²) in [5, 5.41) is 20.3. The number of fused-ring (bicyclic) bond motifs is 2. The number of aromatic nitrogens is 2. The van der Waals surface area contributed by atoms with E-state index in [9.17, 15) is 5.11 Å². The minimum Gasteiger partial charge on any atom is -0.550 e. The number of nitrogens with zero attached hydrogens (tertiary/aromatic N) is 3. The molecule has 5 rings (SSSR count). The van der Waals surface area contributed by atoms with Crippen LogP contribution in [0, 0.1) is 0 Å². The molecule has 0 radical (unpaired) electrons. The number of allylic oxidation sites excluding steroid dienone is 1. The van der Waals surface area contributed by atoms with E-state index in [0.717, 1.165) is 29.8 Å². The number of aliphatic imine (C=N–C) groups is 1. The number of hydrogen-bond acceptors (Lipinski definition) is 4. The van der Waals surface area contributed by atoms with Crippen molar-refractivity contribution in [1.29, 1.82) is 0 Å². The molecule has 0 aliphatic carbocycles. The molecule has 1 aliphatic heterocycles. The Labute approximate surface area is 192 Å². The van der Waals surface area contributed by atoms with E-state index >= 15 is 0 Å². The molecule has 6 heteroatoms. The number of carbonyl (C=O) groups is 1. The van der Waals surface area contributed by atoms with Crippen molar-refractivity contribution in [3.05, 3.63) is 95.3 Å². The molecule has 0 saturated carbocycles. The van der Waals surface area contributed by atoms with Gasteiger partial charge in [-0.3, -0.25) is 0 Å². The molecule has 0 saturated heterocycles. The van der Waals surface area contributed by atoms with Crippen molar-refractivity contribution in [2.24, 2.45) is 12.0 Å². The summed E-state index contributed by atoms with van der Waals surface area (Å²) in [5.74, 6) is -0.901. The summed E-state index contributed by atoms with van der Waals surface area (Å²) in [6.45, 7) is 3.16. The van der Waals surface area contributed by atoms with Gasteiger partial charge in [0.05, 0.1) is 11.9 Å². The van der Waals surface area contributed by atoms with E-state index in [1.54, 1.807) is 4.57 Å². The van der Waals surface area contributed by atoms with Gasteiger partial charge >= 0.3 is 0 Å². The lowest BCUT2D eigenvalue weighted by Crippen LogP contribution is -2.33. The number of benzene rings is 2. The van der Waals surface area contributed by atoms with Gasteiger partial charge in [-0.15, -0.1) is 0 Å². The molecule has 6 nitrogen and oxygen atoms in total. The summed E-state index contributed by atoms with van der Waals surface area (Å²) in [6, 6.07) is 22.6. The van der Waals surface area contributed by atoms with Crippen molar-refractivity contribution in [2.75, 3.05) is 0 Å². The predicted molar refractivity (Wildman–Crippen MR) is 127 cm³/mol. The Morgan fingerprint density at radius 3 is 2.52 bits per heavy atom. The molecule has 0 unspecified atom stereocenters. The number of pyridine rings is 1. The van der Waals surface area contributed by atoms with Gasteiger partial charge in [-0.1, -0.05) is 36.4 Å². The third kappa shape index (κ3) is 4.41. The highest BCUT2D eigenvalue weighted by Gasteiger charge is 2.28. The van der Waals surface area contributed by atoms with E-state index < -0.39 is 5.97 Å². The van der Waals surface area contributed by atoms with Gasteiger partial charge in [0.25, 0.3) is 0 Å². The molecule has 1 N–H and O–H groups in total. The number of aliphatic carboxylic acids is 1. The van der Waals surface area contributed by atoms with Crippen molar-refractivity contribution in [3.63, 3.8) is 0 Å². The Kier molecular flexibility index (Phi) is 6.09. The molecule has 33 heavy (non-hydrogen) atoms. The molecule has 0 amide bonds. The zero-order valence-corrected chi connectivity index (χ0v) is 18.8. The van der Waals surface area contributed by atoms with E-state index in [0.29, 0.717) is 5.69 Å². The van der Waals surface area contributed by atoms with E-state index in [1.807, 2.05) is 43.6 Å².